The number of carbonyl (C=O) groups excluding carboxylic acids is 2. The first-order chi connectivity index (χ1) is 10.2. The SMILES string of the molecule is CCCc1ccc(C(=O)CCC(=O)Nc2nccs2)cc1. The van der Waals surface area contributed by atoms with Crippen LogP contribution in [0.5, 0.6) is 0 Å². The fraction of sp³-hybridized carbons (Fsp3) is 0.312. The van der Waals surface area contributed by atoms with Gasteiger partial charge in [-0.15, -0.1) is 11.3 Å². The first-order valence-corrected chi connectivity index (χ1v) is 7.88. The molecule has 0 unspecified atom stereocenters. The number of aromatic nitrogens is 1. The summed E-state index contributed by atoms with van der Waals surface area (Å²) < 4.78 is 0. The lowest BCUT2D eigenvalue weighted by Gasteiger charge is -2.03. The number of thiazole rings is 1. The van der Waals surface area contributed by atoms with E-state index in [2.05, 4.69) is 17.2 Å². The van der Waals surface area contributed by atoms with Crippen molar-refractivity contribution in [3.05, 3.63) is 47.0 Å². The zero-order chi connectivity index (χ0) is 15.1. The van der Waals surface area contributed by atoms with Gasteiger partial charge in [0.2, 0.25) is 5.91 Å². The van der Waals surface area contributed by atoms with E-state index in [4.69, 9.17) is 0 Å². The largest absolute Gasteiger partial charge is 0.302 e. The Morgan fingerprint density at radius 2 is 1.95 bits per heavy atom. The lowest BCUT2D eigenvalue weighted by Crippen LogP contribution is -2.13. The quantitative estimate of drug-likeness (QED) is 0.793. The van der Waals surface area contributed by atoms with Gasteiger partial charge < -0.3 is 5.32 Å². The summed E-state index contributed by atoms with van der Waals surface area (Å²) in [6.45, 7) is 2.13. The molecule has 0 radical (unpaired) electrons. The predicted molar refractivity (Wildman–Crippen MR) is 84.7 cm³/mol. The third kappa shape index (κ3) is 4.79. The third-order valence-electron chi connectivity index (χ3n) is 3.07. The van der Waals surface area contributed by atoms with Crippen molar-refractivity contribution in [3.63, 3.8) is 0 Å². The lowest BCUT2D eigenvalue weighted by atomic mass is 10.0. The molecule has 0 spiro atoms. The van der Waals surface area contributed by atoms with Gasteiger partial charge in [-0.3, -0.25) is 9.59 Å². The first kappa shape index (κ1) is 15.4. The molecule has 0 bridgehead atoms. The molecular formula is C16H18N2O2S. The van der Waals surface area contributed by atoms with Gasteiger partial charge in [0.25, 0.3) is 0 Å². The van der Waals surface area contributed by atoms with Crippen LogP contribution < -0.4 is 5.32 Å². The van der Waals surface area contributed by atoms with Gasteiger partial charge in [0.1, 0.15) is 0 Å². The number of hydrogen-bond donors (Lipinski definition) is 1. The van der Waals surface area contributed by atoms with Crippen molar-refractivity contribution in [3.8, 4) is 0 Å². The summed E-state index contributed by atoms with van der Waals surface area (Å²) in [5, 5.41) is 5.03. The molecule has 1 heterocycles. The molecule has 1 N–H and O–H groups in total. The van der Waals surface area contributed by atoms with Crippen molar-refractivity contribution in [2.45, 2.75) is 32.6 Å². The summed E-state index contributed by atoms with van der Waals surface area (Å²) in [7, 11) is 0. The molecule has 0 saturated heterocycles. The minimum atomic E-state index is -0.180. The van der Waals surface area contributed by atoms with Crippen LogP contribution in [0.15, 0.2) is 35.8 Å². The van der Waals surface area contributed by atoms with Crippen molar-refractivity contribution < 1.29 is 9.59 Å². The van der Waals surface area contributed by atoms with Gasteiger partial charge in [-0.25, -0.2) is 4.98 Å². The van der Waals surface area contributed by atoms with Gasteiger partial charge in [-0.1, -0.05) is 37.6 Å². The molecular weight excluding hydrogens is 284 g/mol. The fourth-order valence-corrected chi connectivity index (χ4v) is 2.53. The molecule has 21 heavy (non-hydrogen) atoms. The number of nitrogens with zero attached hydrogens (tertiary/aromatic N) is 1. The topological polar surface area (TPSA) is 59.1 Å². The van der Waals surface area contributed by atoms with Crippen molar-refractivity contribution in [2.24, 2.45) is 0 Å². The molecule has 1 aromatic heterocycles. The Balaban J connectivity index is 1.82. The molecule has 0 fully saturated rings. The number of Topliss-reactive ketones (excluding diaryl/α,β-unsaturated/α-hetero) is 1. The number of ketones is 1. The van der Waals surface area contributed by atoms with Crippen LogP contribution in [-0.4, -0.2) is 16.7 Å². The second-order valence-electron chi connectivity index (χ2n) is 4.76. The number of amides is 1. The Labute approximate surface area is 128 Å². The number of rotatable bonds is 7. The second-order valence-corrected chi connectivity index (χ2v) is 5.65. The van der Waals surface area contributed by atoms with E-state index in [9.17, 15) is 9.59 Å². The van der Waals surface area contributed by atoms with Crippen LogP contribution in [0, 0.1) is 0 Å². The molecule has 4 nitrogen and oxygen atoms in total. The Morgan fingerprint density at radius 1 is 1.19 bits per heavy atom. The zero-order valence-corrected chi connectivity index (χ0v) is 12.8. The average Bonchev–Trinajstić information content (AvgIpc) is 2.99. The highest BCUT2D eigenvalue weighted by molar-refractivity contribution is 7.13. The number of carbonyl (C=O) groups is 2. The lowest BCUT2D eigenvalue weighted by molar-refractivity contribution is -0.116. The van der Waals surface area contributed by atoms with Gasteiger partial charge >= 0.3 is 0 Å². The van der Waals surface area contributed by atoms with Gasteiger partial charge in [0.15, 0.2) is 10.9 Å². The van der Waals surface area contributed by atoms with Crippen LogP contribution in [0.25, 0.3) is 0 Å². The maximum atomic E-state index is 12.0. The molecule has 0 saturated carbocycles. The molecule has 0 aliphatic rings. The predicted octanol–water partition coefficient (Wildman–Crippen LogP) is 3.70. The summed E-state index contributed by atoms with van der Waals surface area (Å²) in [5.41, 5.74) is 1.90. The molecule has 0 atom stereocenters. The number of benzene rings is 1. The van der Waals surface area contributed by atoms with Crippen molar-refractivity contribution in [1.82, 2.24) is 4.98 Å². The van der Waals surface area contributed by atoms with E-state index < -0.39 is 0 Å². The van der Waals surface area contributed by atoms with E-state index >= 15 is 0 Å². The zero-order valence-electron chi connectivity index (χ0n) is 12.0. The highest BCUT2D eigenvalue weighted by Crippen LogP contribution is 2.13. The maximum Gasteiger partial charge on any atom is 0.226 e. The summed E-state index contributed by atoms with van der Waals surface area (Å²) in [6.07, 6.45) is 4.12. The summed E-state index contributed by atoms with van der Waals surface area (Å²) in [4.78, 5) is 27.7. The molecule has 1 aromatic carbocycles. The number of hydrogen-bond acceptors (Lipinski definition) is 4. The number of nitrogens with one attached hydrogen (secondary N) is 1. The number of anilines is 1. The average molecular weight is 302 g/mol. The molecule has 2 aromatic rings. The first-order valence-electron chi connectivity index (χ1n) is 7.00. The van der Waals surface area contributed by atoms with E-state index in [1.54, 1.807) is 11.6 Å². The van der Waals surface area contributed by atoms with Crippen LogP contribution in [0.4, 0.5) is 5.13 Å². The van der Waals surface area contributed by atoms with E-state index in [1.165, 1.54) is 16.9 Å². The highest BCUT2D eigenvalue weighted by atomic mass is 32.1. The van der Waals surface area contributed by atoms with Crippen molar-refractivity contribution in [1.29, 1.82) is 0 Å². The van der Waals surface area contributed by atoms with E-state index in [0.29, 0.717) is 10.7 Å². The Hall–Kier alpha value is -2.01. The smallest absolute Gasteiger partial charge is 0.226 e. The van der Waals surface area contributed by atoms with Crippen LogP contribution in [-0.2, 0) is 11.2 Å². The van der Waals surface area contributed by atoms with Crippen LogP contribution in [0.1, 0.15) is 42.1 Å². The van der Waals surface area contributed by atoms with Crippen molar-refractivity contribution in [2.75, 3.05) is 5.32 Å². The van der Waals surface area contributed by atoms with Gasteiger partial charge in [-0.05, 0) is 12.0 Å². The maximum absolute atomic E-state index is 12.0. The molecule has 2 rings (SSSR count). The van der Waals surface area contributed by atoms with E-state index in [0.717, 1.165) is 12.8 Å². The normalized spacial score (nSPS) is 10.3. The molecule has 5 heteroatoms. The Kier molecular flexibility index (Phi) is 5.63. The van der Waals surface area contributed by atoms with Gasteiger partial charge in [-0.2, -0.15) is 0 Å². The van der Waals surface area contributed by atoms with Crippen LogP contribution in [0.3, 0.4) is 0 Å². The molecule has 1 amide bonds. The minimum Gasteiger partial charge on any atom is -0.302 e. The standard InChI is InChI=1S/C16H18N2O2S/c1-2-3-12-4-6-13(7-5-12)14(19)8-9-15(20)18-16-17-10-11-21-16/h4-7,10-11H,2-3,8-9H2,1H3,(H,17,18,20). The summed E-state index contributed by atoms with van der Waals surface area (Å²) in [6, 6.07) is 7.64. The number of aryl methyl sites for hydroxylation is 1. The second kappa shape index (κ2) is 7.69. The van der Waals surface area contributed by atoms with Gasteiger partial charge in [0.05, 0.1) is 0 Å². The fourth-order valence-electron chi connectivity index (χ4n) is 1.98. The molecule has 0 aliphatic carbocycles. The van der Waals surface area contributed by atoms with E-state index in [-0.39, 0.29) is 24.5 Å². The molecule has 0 aliphatic heterocycles. The van der Waals surface area contributed by atoms with Crippen LogP contribution in [0.2, 0.25) is 0 Å². The van der Waals surface area contributed by atoms with Gasteiger partial charge in [0, 0.05) is 30.0 Å². The minimum absolute atomic E-state index is 0.00710. The van der Waals surface area contributed by atoms with Crippen LogP contribution >= 0.6 is 11.3 Å². The molecule has 110 valence electrons. The summed E-state index contributed by atoms with van der Waals surface area (Å²) in [5.74, 6) is -0.187. The van der Waals surface area contributed by atoms with E-state index in [1.807, 2.05) is 24.3 Å². The monoisotopic (exact) mass is 302 g/mol. The Bertz CT molecular complexity index is 591. The Morgan fingerprint density at radius 3 is 2.57 bits per heavy atom. The highest BCUT2D eigenvalue weighted by Gasteiger charge is 2.10. The van der Waals surface area contributed by atoms with Crippen molar-refractivity contribution >= 4 is 28.2 Å². The third-order valence-corrected chi connectivity index (χ3v) is 3.76. The summed E-state index contributed by atoms with van der Waals surface area (Å²) >= 11 is 1.36.